The number of nitrogens with one attached hydrogen (secondary N) is 1. The lowest BCUT2D eigenvalue weighted by atomic mass is 10.2. The molecule has 1 aromatic carbocycles. The summed E-state index contributed by atoms with van der Waals surface area (Å²) in [7, 11) is 1.31. The van der Waals surface area contributed by atoms with E-state index in [2.05, 4.69) is 32.6 Å². The average Bonchev–Trinajstić information content (AvgIpc) is 2.40. The standard InChI is InChI=1S/C13H10ClIN2O2S/c1-6-10(13(18)19-2)12(20)17-11(16-6)8-5-7(14)3-4-9(8)15/h3-5H,1-2H3,(H,16,17,20). The summed E-state index contributed by atoms with van der Waals surface area (Å²) in [6.45, 7) is 1.75. The Morgan fingerprint density at radius 3 is 2.80 bits per heavy atom. The SMILES string of the molecule is COC(=O)c1c(C)[nH]c(-c2cc(Cl)ccc2I)nc1=S. The van der Waals surface area contributed by atoms with E-state index in [-0.39, 0.29) is 10.2 Å². The zero-order valence-electron chi connectivity index (χ0n) is 10.7. The minimum atomic E-state index is -0.497. The second-order valence-electron chi connectivity index (χ2n) is 4.01. The molecule has 0 aliphatic carbocycles. The van der Waals surface area contributed by atoms with Crippen molar-refractivity contribution in [3.05, 3.63) is 42.7 Å². The number of carbonyl (C=O) groups excluding carboxylic acids is 1. The van der Waals surface area contributed by atoms with Crippen molar-refractivity contribution in [3.63, 3.8) is 0 Å². The predicted octanol–water partition coefficient (Wildman–Crippen LogP) is 4.16. The number of carbonyl (C=O) groups is 1. The van der Waals surface area contributed by atoms with E-state index in [4.69, 9.17) is 28.6 Å². The van der Waals surface area contributed by atoms with Crippen molar-refractivity contribution in [2.45, 2.75) is 6.92 Å². The molecule has 0 aliphatic rings. The van der Waals surface area contributed by atoms with Crippen molar-refractivity contribution in [2.75, 3.05) is 7.11 Å². The van der Waals surface area contributed by atoms with Gasteiger partial charge in [-0.3, -0.25) is 0 Å². The molecule has 1 aromatic heterocycles. The molecule has 0 radical (unpaired) electrons. The topological polar surface area (TPSA) is 55.0 Å². The number of benzene rings is 1. The minimum Gasteiger partial charge on any atom is -0.465 e. The monoisotopic (exact) mass is 420 g/mol. The molecule has 0 fully saturated rings. The quantitative estimate of drug-likeness (QED) is 0.450. The number of rotatable bonds is 2. The fourth-order valence-electron chi connectivity index (χ4n) is 1.73. The lowest BCUT2D eigenvalue weighted by molar-refractivity contribution is 0.0598. The second-order valence-corrected chi connectivity index (χ2v) is 5.99. The van der Waals surface area contributed by atoms with Crippen molar-refractivity contribution in [3.8, 4) is 11.4 Å². The summed E-state index contributed by atoms with van der Waals surface area (Å²) in [5.41, 5.74) is 1.73. The van der Waals surface area contributed by atoms with E-state index in [1.54, 1.807) is 19.1 Å². The fourth-order valence-corrected chi connectivity index (χ4v) is 2.83. The Kier molecular flexibility index (Phi) is 4.77. The molecule has 0 saturated carbocycles. The Bertz CT molecular complexity index is 746. The van der Waals surface area contributed by atoms with Gasteiger partial charge in [0.05, 0.1) is 7.11 Å². The lowest BCUT2D eigenvalue weighted by Gasteiger charge is -2.09. The van der Waals surface area contributed by atoms with E-state index in [0.29, 0.717) is 16.5 Å². The fraction of sp³-hybridized carbons (Fsp3) is 0.154. The largest absolute Gasteiger partial charge is 0.465 e. The number of H-pyrrole nitrogens is 1. The van der Waals surface area contributed by atoms with Gasteiger partial charge in [-0.05, 0) is 47.7 Å². The number of aromatic amines is 1. The normalized spacial score (nSPS) is 10.4. The molecule has 0 bridgehead atoms. The zero-order valence-corrected chi connectivity index (χ0v) is 14.4. The van der Waals surface area contributed by atoms with Crippen LogP contribution in [-0.2, 0) is 4.74 Å². The molecule has 7 heteroatoms. The van der Waals surface area contributed by atoms with Gasteiger partial charge in [0.2, 0.25) is 0 Å². The van der Waals surface area contributed by atoms with E-state index < -0.39 is 5.97 Å². The van der Waals surface area contributed by atoms with E-state index in [9.17, 15) is 4.79 Å². The van der Waals surface area contributed by atoms with Gasteiger partial charge in [0.1, 0.15) is 16.0 Å². The number of aromatic nitrogens is 2. The molecular formula is C13H10ClIN2O2S. The van der Waals surface area contributed by atoms with Crippen LogP contribution in [0.3, 0.4) is 0 Å². The highest BCUT2D eigenvalue weighted by Gasteiger charge is 2.16. The molecular weight excluding hydrogens is 411 g/mol. The molecule has 0 aliphatic heterocycles. The summed E-state index contributed by atoms with van der Waals surface area (Å²) in [4.78, 5) is 19.0. The van der Waals surface area contributed by atoms with Gasteiger partial charge in [-0.1, -0.05) is 23.8 Å². The minimum absolute atomic E-state index is 0.207. The Morgan fingerprint density at radius 2 is 2.20 bits per heavy atom. The number of hydrogen-bond donors (Lipinski definition) is 1. The summed E-state index contributed by atoms with van der Waals surface area (Å²) in [5, 5.41) is 0.608. The van der Waals surface area contributed by atoms with Gasteiger partial charge in [-0.25, -0.2) is 9.78 Å². The summed E-state index contributed by atoms with van der Waals surface area (Å²) in [6, 6.07) is 5.49. The van der Waals surface area contributed by atoms with Gasteiger partial charge in [0.25, 0.3) is 0 Å². The first kappa shape index (κ1) is 15.4. The molecule has 1 N–H and O–H groups in total. The Morgan fingerprint density at radius 1 is 1.50 bits per heavy atom. The van der Waals surface area contributed by atoms with Crippen LogP contribution >= 0.6 is 46.4 Å². The van der Waals surface area contributed by atoms with Crippen LogP contribution in [0.1, 0.15) is 16.1 Å². The van der Waals surface area contributed by atoms with E-state index in [0.717, 1.165) is 9.13 Å². The van der Waals surface area contributed by atoms with E-state index in [1.165, 1.54) is 7.11 Å². The maximum atomic E-state index is 11.7. The van der Waals surface area contributed by atoms with Gasteiger partial charge in [-0.15, -0.1) is 0 Å². The highest BCUT2D eigenvalue weighted by atomic mass is 127. The number of methoxy groups -OCH3 is 1. The third kappa shape index (κ3) is 3.02. The molecule has 0 amide bonds. The summed E-state index contributed by atoms with van der Waals surface area (Å²) >= 11 is 13.4. The van der Waals surface area contributed by atoms with Crippen molar-refractivity contribution >= 4 is 52.4 Å². The molecule has 4 nitrogen and oxygen atoms in total. The van der Waals surface area contributed by atoms with Gasteiger partial charge in [0.15, 0.2) is 0 Å². The molecule has 104 valence electrons. The number of hydrogen-bond acceptors (Lipinski definition) is 4. The molecule has 20 heavy (non-hydrogen) atoms. The predicted molar refractivity (Wildman–Crippen MR) is 88.7 cm³/mol. The molecule has 0 unspecified atom stereocenters. The molecule has 0 saturated heterocycles. The summed E-state index contributed by atoms with van der Waals surface area (Å²) < 4.78 is 5.89. The number of aryl methyl sites for hydroxylation is 1. The first-order valence-electron chi connectivity index (χ1n) is 5.58. The number of halogens is 2. The highest BCUT2D eigenvalue weighted by molar-refractivity contribution is 14.1. The van der Waals surface area contributed by atoms with Crippen LogP contribution in [0, 0.1) is 15.1 Å². The Hall–Kier alpha value is -0.990. The molecule has 1 heterocycles. The summed E-state index contributed by atoms with van der Waals surface area (Å²) in [5.74, 6) is 0.0793. The van der Waals surface area contributed by atoms with E-state index in [1.807, 2.05) is 6.07 Å². The van der Waals surface area contributed by atoms with Crippen molar-refractivity contribution in [1.82, 2.24) is 9.97 Å². The van der Waals surface area contributed by atoms with Gasteiger partial charge >= 0.3 is 5.97 Å². The summed E-state index contributed by atoms with van der Waals surface area (Å²) in [6.07, 6.45) is 0. The molecule has 0 atom stereocenters. The first-order chi connectivity index (χ1) is 9.43. The van der Waals surface area contributed by atoms with Gasteiger partial charge in [-0.2, -0.15) is 0 Å². The first-order valence-corrected chi connectivity index (χ1v) is 7.45. The number of nitrogens with zero attached hydrogens (tertiary/aromatic N) is 1. The van der Waals surface area contributed by atoms with Crippen LogP contribution < -0.4 is 0 Å². The van der Waals surface area contributed by atoms with Crippen LogP contribution in [-0.4, -0.2) is 23.0 Å². The lowest BCUT2D eigenvalue weighted by Crippen LogP contribution is -2.09. The molecule has 2 rings (SSSR count). The average molecular weight is 421 g/mol. The Balaban J connectivity index is 2.64. The maximum absolute atomic E-state index is 11.7. The van der Waals surface area contributed by atoms with Crippen LogP contribution in [0.4, 0.5) is 0 Å². The van der Waals surface area contributed by atoms with Crippen LogP contribution in [0.25, 0.3) is 11.4 Å². The van der Waals surface area contributed by atoms with Crippen molar-refractivity contribution in [1.29, 1.82) is 0 Å². The number of esters is 1. The van der Waals surface area contributed by atoms with Gasteiger partial charge in [0, 0.05) is 19.9 Å². The van der Waals surface area contributed by atoms with Crippen LogP contribution in [0.15, 0.2) is 18.2 Å². The highest BCUT2D eigenvalue weighted by Crippen LogP contribution is 2.26. The third-order valence-electron chi connectivity index (χ3n) is 2.68. The van der Waals surface area contributed by atoms with Crippen LogP contribution in [0.2, 0.25) is 5.02 Å². The second kappa shape index (κ2) is 6.19. The van der Waals surface area contributed by atoms with E-state index >= 15 is 0 Å². The third-order valence-corrected chi connectivity index (χ3v) is 4.15. The molecule has 0 spiro atoms. The van der Waals surface area contributed by atoms with Crippen LogP contribution in [0.5, 0.6) is 0 Å². The Labute approximate surface area is 139 Å². The number of ether oxygens (including phenoxy) is 1. The van der Waals surface area contributed by atoms with Gasteiger partial charge < -0.3 is 9.72 Å². The molecule has 2 aromatic rings. The smallest absolute Gasteiger partial charge is 0.342 e. The van der Waals surface area contributed by atoms with Crippen molar-refractivity contribution in [2.24, 2.45) is 0 Å². The maximum Gasteiger partial charge on any atom is 0.342 e. The van der Waals surface area contributed by atoms with Crippen molar-refractivity contribution < 1.29 is 9.53 Å². The zero-order chi connectivity index (χ0) is 14.9.